The van der Waals surface area contributed by atoms with Gasteiger partial charge in [0.2, 0.25) is 0 Å². The van der Waals surface area contributed by atoms with Crippen LogP contribution in [0.3, 0.4) is 0 Å². The summed E-state index contributed by atoms with van der Waals surface area (Å²) in [5, 5.41) is -1.47. The van der Waals surface area contributed by atoms with Gasteiger partial charge in [0.25, 0.3) is 19.7 Å². The molecule has 0 amide bonds. The van der Waals surface area contributed by atoms with Gasteiger partial charge >= 0.3 is 4.38 Å². The smallest absolute Gasteiger partial charge is 0.359 e. The molecule has 10 heteroatoms. The van der Waals surface area contributed by atoms with Gasteiger partial charge in [-0.1, -0.05) is 97.1 Å². The molecule has 0 fully saturated rings. The molecular weight excluding hydrogens is 556 g/mol. The first-order valence-electron chi connectivity index (χ1n) is 12.8. The fraction of sp³-hybridized carbons (Fsp3) is 0.0645. The largest absolute Gasteiger partial charge is 0.497 e. The normalized spacial score (nSPS) is 13.6. The van der Waals surface area contributed by atoms with Crippen molar-refractivity contribution in [2.45, 2.75) is 10.5 Å². The lowest BCUT2D eigenvalue weighted by molar-refractivity contribution is 0.00369. The Hall–Kier alpha value is -4.76. The Morgan fingerprint density at radius 3 is 1.29 bits per heavy atom. The van der Waals surface area contributed by atoms with E-state index in [0.717, 1.165) is 10.8 Å². The molecule has 2 atom stereocenters. The van der Waals surface area contributed by atoms with E-state index in [4.69, 9.17) is 0 Å². The van der Waals surface area contributed by atoms with Crippen LogP contribution in [-0.2, 0) is 19.7 Å². The van der Waals surface area contributed by atoms with Crippen molar-refractivity contribution in [2.24, 2.45) is 0 Å². The van der Waals surface area contributed by atoms with Gasteiger partial charge in [0.1, 0.15) is 10.5 Å². The Morgan fingerprint density at radius 1 is 0.561 bits per heavy atom. The van der Waals surface area contributed by atoms with Crippen molar-refractivity contribution in [3.8, 4) is 0 Å². The van der Waals surface area contributed by atoms with Crippen LogP contribution in [0.25, 0.3) is 27.3 Å². The molecule has 0 aliphatic rings. The van der Waals surface area contributed by atoms with E-state index >= 15 is 0 Å². The van der Waals surface area contributed by atoms with Gasteiger partial charge in [-0.15, -0.1) is 4.79 Å². The SMILES string of the molecule is [N-]=[N+]=C(S(=O)(=O)C(c1ccccc1)c1cc2ccccc2[nH]1)S(=O)(=O)C(c1ccccc1)c1cc2ccccc2[nH]1. The van der Waals surface area contributed by atoms with Crippen molar-refractivity contribution < 1.29 is 21.6 Å². The van der Waals surface area contributed by atoms with E-state index in [1.807, 2.05) is 36.4 Å². The van der Waals surface area contributed by atoms with Crippen LogP contribution < -0.4 is 0 Å². The lowest BCUT2D eigenvalue weighted by Gasteiger charge is -2.18. The average Bonchev–Trinajstić information content (AvgIpc) is 3.58. The van der Waals surface area contributed by atoms with E-state index in [1.54, 1.807) is 84.9 Å². The summed E-state index contributed by atoms with van der Waals surface area (Å²) in [6.45, 7) is 0. The Balaban J connectivity index is 1.55. The maximum absolute atomic E-state index is 14.4. The minimum Gasteiger partial charge on any atom is -0.359 e. The van der Waals surface area contributed by atoms with Crippen LogP contribution >= 0.6 is 0 Å². The van der Waals surface area contributed by atoms with Crippen molar-refractivity contribution in [2.75, 3.05) is 0 Å². The maximum atomic E-state index is 14.4. The molecule has 0 aliphatic carbocycles. The monoisotopic (exact) mass is 580 g/mol. The highest BCUT2D eigenvalue weighted by atomic mass is 32.3. The van der Waals surface area contributed by atoms with Gasteiger partial charge in [-0.05, 0) is 46.2 Å². The highest BCUT2D eigenvalue weighted by Crippen LogP contribution is 2.38. The van der Waals surface area contributed by atoms with Gasteiger partial charge in [-0.25, -0.2) is 16.8 Å². The van der Waals surface area contributed by atoms with Gasteiger partial charge in [0.05, 0.1) is 0 Å². The molecule has 41 heavy (non-hydrogen) atoms. The molecule has 8 nitrogen and oxygen atoms in total. The zero-order valence-corrected chi connectivity index (χ0v) is 23.2. The van der Waals surface area contributed by atoms with Crippen molar-refractivity contribution in [1.29, 1.82) is 0 Å². The number of benzene rings is 4. The third-order valence-corrected chi connectivity index (χ3v) is 11.9. The highest BCUT2D eigenvalue weighted by molar-refractivity contribution is 8.31. The Labute approximate surface area is 236 Å². The standard InChI is InChI=1S/C31H24N4O4S2/c32-35-31(40(36,37)29(21-11-3-1-4-12-21)27-19-23-15-7-9-17-25(23)33-27)41(38,39)30(22-13-5-2-6-14-22)28-20-24-16-8-10-18-26(24)34-28/h1-20,29-30,33-34H. The Bertz CT molecular complexity index is 1930. The van der Waals surface area contributed by atoms with E-state index < -0.39 is 34.6 Å². The predicted octanol–water partition coefficient (Wildman–Crippen LogP) is 5.94. The minimum absolute atomic E-state index is 0.246. The summed E-state index contributed by atoms with van der Waals surface area (Å²) in [4.78, 5) is 9.24. The summed E-state index contributed by atoms with van der Waals surface area (Å²) in [6, 6.07) is 34.4. The summed E-state index contributed by atoms with van der Waals surface area (Å²) < 4.78 is 56.4. The molecule has 0 radical (unpaired) electrons. The predicted molar refractivity (Wildman–Crippen MR) is 160 cm³/mol. The van der Waals surface area contributed by atoms with Crippen LogP contribution in [0.1, 0.15) is 33.0 Å². The number of hydrogen-bond acceptors (Lipinski definition) is 4. The van der Waals surface area contributed by atoms with Crippen LogP contribution in [0.2, 0.25) is 0 Å². The van der Waals surface area contributed by atoms with Crippen LogP contribution in [-0.4, -0.2) is 36.0 Å². The second kappa shape index (κ2) is 10.3. The number of fused-ring (bicyclic) bond motifs is 2. The van der Waals surface area contributed by atoms with E-state index in [1.165, 1.54) is 0 Å². The molecule has 2 aromatic heterocycles. The van der Waals surface area contributed by atoms with Crippen molar-refractivity contribution in [3.63, 3.8) is 0 Å². The molecule has 2 heterocycles. The number of H-pyrrole nitrogens is 2. The molecule has 204 valence electrons. The van der Waals surface area contributed by atoms with Crippen molar-refractivity contribution in [1.82, 2.24) is 9.97 Å². The van der Waals surface area contributed by atoms with E-state index in [9.17, 15) is 22.4 Å². The van der Waals surface area contributed by atoms with Crippen LogP contribution in [0.5, 0.6) is 0 Å². The number of aromatic nitrogens is 2. The van der Waals surface area contributed by atoms with E-state index in [2.05, 4.69) is 14.8 Å². The maximum Gasteiger partial charge on any atom is 0.497 e. The lowest BCUT2D eigenvalue weighted by atomic mass is 10.1. The number of para-hydroxylation sites is 2. The number of rotatable bonds is 6. The molecule has 0 spiro atoms. The molecule has 0 saturated carbocycles. The van der Waals surface area contributed by atoms with Crippen LogP contribution in [0, 0.1) is 0 Å². The van der Waals surface area contributed by atoms with Gasteiger partial charge in [0, 0.05) is 22.4 Å². The first-order valence-corrected chi connectivity index (χ1v) is 15.8. The van der Waals surface area contributed by atoms with Crippen LogP contribution in [0.4, 0.5) is 0 Å². The number of nitrogens with zero attached hydrogens (tertiary/aromatic N) is 2. The van der Waals surface area contributed by atoms with Crippen LogP contribution in [0.15, 0.2) is 121 Å². The number of hydrogen-bond donors (Lipinski definition) is 2. The average molecular weight is 581 g/mol. The molecule has 2 unspecified atom stereocenters. The number of aromatic amines is 2. The first-order chi connectivity index (χ1) is 19.8. The molecule has 2 N–H and O–H groups in total. The van der Waals surface area contributed by atoms with Gasteiger partial charge < -0.3 is 15.5 Å². The summed E-state index contributed by atoms with van der Waals surface area (Å²) in [5.74, 6) is 0. The second-order valence-corrected chi connectivity index (χ2v) is 13.8. The third kappa shape index (κ3) is 4.68. The summed E-state index contributed by atoms with van der Waals surface area (Å²) in [7, 11) is -9.70. The van der Waals surface area contributed by atoms with Gasteiger partial charge in [0.15, 0.2) is 0 Å². The zero-order valence-electron chi connectivity index (χ0n) is 21.5. The fourth-order valence-electron chi connectivity index (χ4n) is 5.26. The minimum atomic E-state index is -4.85. The molecule has 4 aromatic carbocycles. The number of sulfone groups is 2. The second-order valence-electron chi connectivity index (χ2n) is 9.66. The quantitative estimate of drug-likeness (QED) is 0.109. The molecule has 6 rings (SSSR count). The zero-order chi connectivity index (χ0) is 28.6. The molecule has 0 saturated heterocycles. The van der Waals surface area contributed by atoms with E-state index in [0.29, 0.717) is 22.2 Å². The Kier molecular flexibility index (Phi) is 6.67. The molecular formula is C31H24N4O4S2. The molecule has 6 aromatic rings. The van der Waals surface area contributed by atoms with Crippen molar-refractivity contribution in [3.05, 3.63) is 149 Å². The van der Waals surface area contributed by atoms with E-state index in [-0.39, 0.29) is 11.4 Å². The van der Waals surface area contributed by atoms with Gasteiger partial charge in [-0.2, -0.15) is 0 Å². The topological polar surface area (TPSA) is 136 Å². The fourth-order valence-corrected chi connectivity index (χ4v) is 9.72. The summed E-state index contributed by atoms with van der Waals surface area (Å²) in [6.07, 6.45) is 0. The molecule has 0 bridgehead atoms. The molecule has 0 aliphatic heterocycles. The lowest BCUT2D eigenvalue weighted by Crippen LogP contribution is -2.34. The summed E-state index contributed by atoms with van der Waals surface area (Å²) >= 11 is 0. The third-order valence-electron chi connectivity index (χ3n) is 7.06. The first kappa shape index (κ1) is 26.5. The Morgan fingerprint density at radius 2 is 0.927 bits per heavy atom. The van der Waals surface area contributed by atoms with Gasteiger partial charge in [-0.3, -0.25) is 0 Å². The highest BCUT2D eigenvalue weighted by Gasteiger charge is 2.52. The number of nitrogens with one attached hydrogen (secondary N) is 2. The van der Waals surface area contributed by atoms with Crippen molar-refractivity contribution >= 4 is 45.9 Å². The summed E-state index contributed by atoms with van der Waals surface area (Å²) in [5.41, 5.74) is 12.7.